The van der Waals surface area contributed by atoms with Gasteiger partial charge < -0.3 is 9.88 Å². The Bertz CT molecular complexity index is 507. The Morgan fingerprint density at radius 3 is 3.00 bits per heavy atom. The van der Waals surface area contributed by atoms with Crippen LogP contribution in [-0.4, -0.2) is 42.8 Å². The molecule has 7 nitrogen and oxygen atoms in total. The van der Waals surface area contributed by atoms with Crippen molar-refractivity contribution < 1.29 is 0 Å². The minimum absolute atomic E-state index is 0.794. The maximum atomic E-state index is 4.17. The Balaban J connectivity index is 1.85. The maximum absolute atomic E-state index is 4.17. The largest absolute Gasteiger partial charge is 0.334 e. The normalized spacial score (nSPS) is 11.1. The van der Waals surface area contributed by atoms with Crippen LogP contribution in [0, 0.1) is 0 Å². The molecule has 0 spiro atoms. The molecule has 20 heavy (non-hydrogen) atoms. The first-order valence-electron chi connectivity index (χ1n) is 6.93. The molecule has 2 aromatic heterocycles. The summed E-state index contributed by atoms with van der Waals surface area (Å²) in [5, 5.41) is 16.1. The molecule has 8 heteroatoms. The van der Waals surface area contributed by atoms with Gasteiger partial charge in [0.05, 0.1) is 12.9 Å². The average Bonchev–Trinajstić information content (AvgIpc) is 3.09. The van der Waals surface area contributed by atoms with E-state index in [0.29, 0.717) is 0 Å². The zero-order valence-corrected chi connectivity index (χ0v) is 12.8. The van der Waals surface area contributed by atoms with Gasteiger partial charge in [-0.05, 0) is 30.3 Å². The van der Waals surface area contributed by atoms with Gasteiger partial charge in [0, 0.05) is 30.7 Å². The summed E-state index contributed by atoms with van der Waals surface area (Å²) in [5.74, 6) is 0.830. The Labute approximate surface area is 123 Å². The van der Waals surface area contributed by atoms with Crippen molar-refractivity contribution in [2.24, 2.45) is 0 Å². The van der Waals surface area contributed by atoms with Gasteiger partial charge in [0.15, 0.2) is 0 Å². The standard InChI is InChI=1S/C12H21N7S/c1-3-5-13-6-7-19-12(15-16-17-19)20-9-11-8-14-10-18(11)4-2/h8,10,13H,3-7,9H2,1-2H3. The van der Waals surface area contributed by atoms with Crippen LogP contribution in [0.4, 0.5) is 0 Å². The molecule has 0 atom stereocenters. The number of aromatic nitrogens is 6. The van der Waals surface area contributed by atoms with Crippen molar-refractivity contribution in [3.63, 3.8) is 0 Å². The van der Waals surface area contributed by atoms with E-state index >= 15 is 0 Å². The molecule has 0 saturated carbocycles. The third kappa shape index (κ3) is 4.04. The summed E-state index contributed by atoms with van der Waals surface area (Å²) in [6, 6.07) is 0. The van der Waals surface area contributed by atoms with Crippen LogP contribution in [0.5, 0.6) is 0 Å². The van der Waals surface area contributed by atoms with Gasteiger partial charge in [-0.25, -0.2) is 9.67 Å². The van der Waals surface area contributed by atoms with E-state index in [0.717, 1.165) is 43.5 Å². The zero-order valence-electron chi connectivity index (χ0n) is 12.0. The highest BCUT2D eigenvalue weighted by Crippen LogP contribution is 2.19. The van der Waals surface area contributed by atoms with Crippen molar-refractivity contribution in [3.05, 3.63) is 18.2 Å². The van der Waals surface area contributed by atoms with Gasteiger partial charge in [0.25, 0.3) is 0 Å². The Kier molecular flexibility index (Phi) is 6.00. The van der Waals surface area contributed by atoms with Crippen LogP contribution < -0.4 is 5.32 Å². The van der Waals surface area contributed by atoms with Crippen molar-refractivity contribution in [2.75, 3.05) is 13.1 Å². The highest BCUT2D eigenvalue weighted by atomic mass is 32.2. The highest BCUT2D eigenvalue weighted by Gasteiger charge is 2.08. The number of tetrazole rings is 1. The molecule has 110 valence electrons. The number of nitrogens with zero attached hydrogens (tertiary/aromatic N) is 6. The van der Waals surface area contributed by atoms with Crippen LogP contribution in [0.15, 0.2) is 17.7 Å². The van der Waals surface area contributed by atoms with Gasteiger partial charge in [-0.2, -0.15) is 0 Å². The van der Waals surface area contributed by atoms with Gasteiger partial charge in [-0.3, -0.25) is 0 Å². The Hall–Kier alpha value is -1.41. The summed E-state index contributed by atoms with van der Waals surface area (Å²) in [5.41, 5.74) is 1.19. The van der Waals surface area contributed by atoms with Gasteiger partial charge in [-0.15, -0.1) is 5.10 Å². The van der Waals surface area contributed by atoms with E-state index in [1.165, 1.54) is 5.69 Å². The molecule has 0 aliphatic rings. The summed E-state index contributed by atoms with van der Waals surface area (Å²) in [7, 11) is 0. The van der Waals surface area contributed by atoms with E-state index < -0.39 is 0 Å². The fraction of sp³-hybridized carbons (Fsp3) is 0.667. The maximum Gasteiger partial charge on any atom is 0.209 e. The molecule has 0 aromatic carbocycles. The minimum Gasteiger partial charge on any atom is -0.334 e. The monoisotopic (exact) mass is 295 g/mol. The van der Waals surface area contributed by atoms with Crippen molar-refractivity contribution in [1.82, 2.24) is 35.1 Å². The molecule has 0 fully saturated rings. The SMILES string of the molecule is CCCNCCn1nnnc1SCc1cncn1CC. The predicted molar refractivity (Wildman–Crippen MR) is 78.4 cm³/mol. The van der Waals surface area contributed by atoms with Crippen LogP contribution in [0.1, 0.15) is 26.0 Å². The lowest BCUT2D eigenvalue weighted by molar-refractivity contribution is 0.510. The molecule has 1 N–H and O–H groups in total. The number of imidazole rings is 1. The van der Waals surface area contributed by atoms with Crippen molar-refractivity contribution in [2.45, 2.75) is 44.3 Å². The number of aryl methyl sites for hydroxylation is 1. The quantitative estimate of drug-likeness (QED) is 0.553. The van der Waals surface area contributed by atoms with Crippen LogP contribution in [0.2, 0.25) is 0 Å². The topological polar surface area (TPSA) is 73.5 Å². The van der Waals surface area contributed by atoms with Gasteiger partial charge in [-0.1, -0.05) is 18.7 Å². The van der Waals surface area contributed by atoms with Gasteiger partial charge in [0.2, 0.25) is 5.16 Å². The highest BCUT2D eigenvalue weighted by molar-refractivity contribution is 7.98. The number of rotatable bonds is 9. The van der Waals surface area contributed by atoms with E-state index in [-0.39, 0.29) is 0 Å². The molecule has 2 heterocycles. The molecule has 0 bridgehead atoms. The van der Waals surface area contributed by atoms with Gasteiger partial charge >= 0.3 is 0 Å². The Morgan fingerprint density at radius 1 is 1.30 bits per heavy atom. The summed E-state index contributed by atoms with van der Waals surface area (Å²) in [4.78, 5) is 4.17. The summed E-state index contributed by atoms with van der Waals surface area (Å²) in [6.07, 6.45) is 4.89. The van der Waals surface area contributed by atoms with E-state index in [2.05, 4.69) is 44.2 Å². The van der Waals surface area contributed by atoms with E-state index in [9.17, 15) is 0 Å². The van der Waals surface area contributed by atoms with E-state index in [1.54, 1.807) is 11.8 Å². The molecule has 0 radical (unpaired) electrons. The molecule has 2 rings (SSSR count). The van der Waals surface area contributed by atoms with Crippen molar-refractivity contribution in [3.8, 4) is 0 Å². The van der Waals surface area contributed by atoms with Crippen molar-refractivity contribution in [1.29, 1.82) is 0 Å². The number of hydrogen-bond donors (Lipinski definition) is 1. The van der Waals surface area contributed by atoms with Crippen LogP contribution in [0.3, 0.4) is 0 Å². The molecular formula is C12H21N7S. The second-order valence-corrected chi connectivity index (χ2v) is 5.34. The molecule has 0 aliphatic carbocycles. The van der Waals surface area contributed by atoms with Crippen LogP contribution in [-0.2, 0) is 18.8 Å². The lowest BCUT2D eigenvalue weighted by atomic mass is 10.5. The first-order valence-corrected chi connectivity index (χ1v) is 7.92. The summed E-state index contributed by atoms with van der Waals surface area (Å²) in [6.45, 7) is 7.91. The lowest BCUT2D eigenvalue weighted by Crippen LogP contribution is -2.21. The third-order valence-electron chi connectivity index (χ3n) is 2.91. The van der Waals surface area contributed by atoms with Crippen LogP contribution >= 0.6 is 11.8 Å². The molecule has 0 saturated heterocycles. The molecule has 0 aliphatic heterocycles. The minimum atomic E-state index is 0.794. The smallest absolute Gasteiger partial charge is 0.209 e. The average molecular weight is 295 g/mol. The summed E-state index contributed by atoms with van der Waals surface area (Å²) < 4.78 is 3.98. The number of hydrogen-bond acceptors (Lipinski definition) is 6. The van der Waals surface area contributed by atoms with E-state index in [4.69, 9.17) is 0 Å². The third-order valence-corrected chi connectivity index (χ3v) is 3.91. The van der Waals surface area contributed by atoms with E-state index in [1.807, 2.05) is 17.2 Å². The molecule has 0 unspecified atom stereocenters. The predicted octanol–water partition coefficient (Wildman–Crippen LogP) is 1.18. The van der Waals surface area contributed by atoms with Crippen LogP contribution in [0.25, 0.3) is 0 Å². The van der Waals surface area contributed by atoms with Crippen molar-refractivity contribution >= 4 is 11.8 Å². The Morgan fingerprint density at radius 2 is 2.20 bits per heavy atom. The first kappa shape index (κ1) is 15.0. The number of nitrogens with one attached hydrogen (secondary N) is 1. The lowest BCUT2D eigenvalue weighted by Gasteiger charge is -2.06. The zero-order chi connectivity index (χ0) is 14.2. The summed E-state index contributed by atoms with van der Waals surface area (Å²) >= 11 is 1.64. The molecule has 2 aromatic rings. The fourth-order valence-corrected chi connectivity index (χ4v) is 2.71. The second-order valence-electron chi connectivity index (χ2n) is 4.39. The molecule has 0 amide bonds. The first-order chi connectivity index (χ1) is 9.85. The fourth-order valence-electron chi connectivity index (χ4n) is 1.82. The second kappa shape index (κ2) is 8.01. The van der Waals surface area contributed by atoms with Gasteiger partial charge in [0.1, 0.15) is 0 Å². The molecular weight excluding hydrogens is 274 g/mol. The number of thioether (sulfide) groups is 1.